The molecule has 3 fully saturated rings. The number of rotatable bonds is 7. The summed E-state index contributed by atoms with van der Waals surface area (Å²) in [6, 6.07) is 4.34. The number of hydrogen-bond donors (Lipinski definition) is 3. The van der Waals surface area contributed by atoms with Crippen LogP contribution in [-0.4, -0.2) is 69.8 Å². The minimum Gasteiger partial charge on any atom is -0.367 e. The topological polar surface area (TPSA) is 107 Å². The van der Waals surface area contributed by atoms with Gasteiger partial charge in [0.2, 0.25) is 0 Å². The number of anilines is 1. The Morgan fingerprint density at radius 2 is 1.97 bits per heavy atom. The average molecular weight is 487 g/mol. The first-order chi connectivity index (χ1) is 15.9. The highest BCUT2D eigenvalue weighted by Crippen LogP contribution is 2.49. The minimum absolute atomic E-state index is 0.156. The second-order valence-corrected chi connectivity index (χ2v) is 11.2. The number of halogens is 1. The van der Waals surface area contributed by atoms with E-state index in [0.29, 0.717) is 18.7 Å². The van der Waals surface area contributed by atoms with Crippen molar-refractivity contribution in [3.8, 4) is 6.07 Å². The van der Waals surface area contributed by atoms with Gasteiger partial charge >= 0.3 is 0 Å². The Labute approximate surface area is 201 Å². The third-order valence-corrected chi connectivity index (χ3v) is 8.71. The fraction of sp³-hybridized carbons (Fsp3) is 0.545. The molecule has 5 rings (SSSR count). The molecule has 2 aromatic rings. The van der Waals surface area contributed by atoms with Gasteiger partial charge in [0.15, 0.2) is 5.82 Å². The van der Waals surface area contributed by atoms with Crippen LogP contribution in [0.2, 0.25) is 0 Å². The maximum Gasteiger partial charge on any atom is 0.169 e. The molecule has 2 saturated carbocycles. The van der Waals surface area contributed by atoms with Crippen molar-refractivity contribution in [2.75, 3.05) is 44.8 Å². The number of pyridine rings is 1. The molecule has 1 saturated heterocycles. The molecule has 3 aliphatic rings. The second kappa shape index (κ2) is 8.58. The van der Waals surface area contributed by atoms with E-state index in [4.69, 9.17) is 10.8 Å². The normalized spacial score (nSPS) is 21.1. The molecule has 0 radical (unpaired) electrons. The summed E-state index contributed by atoms with van der Waals surface area (Å²) in [5.41, 5.74) is 0.815. The lowest BCUT2D eigenvalue weighted by atomic mass is 10.2. The van der Waals surface area contributed by atoms with Crippen molar-refractivity contribution in [1.29, 1.82) is 16.1 Å². The Balaban J connectivity index is 1.46. The molecule has 0 aromatic carbocycles. The monoisotopic (exact) mass is 486 g/mol. The van der Waals surface area contributed by atoms with Crippen LogP contribution in [-0.2, 0) is 0 Å². The van der Waals surface area contributed by atoms with Crippen LogP contribution >= 0.6 is 23.7 Å². The number of nitrogens with zero attached hydrogens (tertiary/aromatic N) is 5. The predicted octanol–water partition coefficient (Wildman–Crippen LogP) is 3.52. The van der Waals surface area contributed by atoms with Crippen LogP contribution < -0.4 is 9.62 Å². The van der Waals surface area contributed by atoms with E-state index in [2.05, 4.69) is 38.7 Å². The van der Waals surface area contributed by atoms with E-state index in [1.54, 1.807) is 6.20 Å². The number of piperazine rings is 1. The van der Waals surface area contributed by atoms with Crippen molar-refractivity contribution in [3.05, 3.63) is 24.3 Å². The van der Waals surface area contributed by atoms with Crippen molar-refractivity contribution in [2.45, 2.75) is 36.1 Å². The number of alkyl halides is 1. The molecule has 2 aromatic heterocycles. The smallest absolute Gasteiger partial charge is 0.169 e. The van der Waals surface area contributed by atoms with Gasteiger partial charge in [0.05, 0.1) is 34.1 Å². The van der Waals surface area contributed by atoms with Gasteiger partial charge in [0.1, 0.15) is 17.1 Å². The molecule has 0 unspecified atom stereocenters. The second-order valence-electron chi connectivity index (χ2n) is 9.26. The summed E-state index contributed by atoms with van der Waals surface area (Å²) in [6.45, 7) is 3.34. The Bertz CT molecular complexity index is 1140. The van der Waals surface area contributed by atoms with Crippen molar-refractivity contribution in [3.63, 3.8) is 0 Å². The molecule has 0 amide bonds. The van der Waals surface area contributed by atoms with Crippen molar-refractivity contribution < 1.29 is 4.39 Å². The van der Waals surface area contributed by atoms with Gasteiger partial charge in [-0.3, -0.25) is 19.9 Å². The SMILES string of the molecule is CN1CCN(c2cc(SNC3(CF)CC3)cn3c(C(=N)SC(=N)C4(C#N)CC4)ncc23)CC1. The Morgan fingerprint density at radius 3 is 2.58 bits per heavy atom. The molecule has 33 heavy (non-hydrogen) atoms. The minimum atomic E-state index is -0.717. The first-order valence-electron chi connectivity index (χ1n) is 11.1. The summed E-state index contributed by atoms with van der Waals surface area (Å²) < 4.78 is 18.6. The van der Waals surface area contributed by atoms with E-state index in [-0.39, 0.29) is 16.8 Å². The maximum absolute atomic E-state index is 13.4. The largest absolute Gasteiger partial charge is 0.367 e. The van der Waals surface area contributed by atoms with Gasteiger partial charge in [-0.15, -0.1) is 0 Å². The fourth-order valence-corrected chi connectivity index (χ4v) is 5.73. The number of thioether (sulfide) groups is 1. The summed E-state index contributed by atoms with van der Waals surface area (Å²) in [6.07, 6.45) is 6.75. The van der Waals surface area contributed by atoms with E-state index < -0.39 is 11.0 Å². The summed E-state index contributed by atoms with van der Waals surface area (Å²) in [5, 5.41) is 26.7. The van der Waals surface area contributed by atoms with E-state index in [0.717, 1.165) is 66.9 Å². The van der Waals surface area contributed by atoms with Crippen LogP contribution in [0.4, 0.5) is 10.1 Å². The van der Waals surface area contributed by atoms with Crippen LogP contribution in [0, 0.1) is 27.6 Å². The molecule has 8 nitrogen and oxygen atoms in total. The first-order valence-corrected chi connectivity index (χ1v) is 12.7. The number of nitrogens with one attached hydrogen (secondary N) is 3. The quantitative estimate of drug-likeness (QED) is 0.312. The molecular weight excluding hydrogens is 459 g/mol. The highest BCUT2D eigenvalue weighted by atomic mass is 32.2. The maximum atomic E-state index is 13.4. The summed E-state index contributed by atoms with van der Waals surface area (Å²) >= 11 is 2.44. The van der Waals surface area contributed by atoms with Gasteiger partial charge in [-0.05, 0) is 50.7 Å². The lowest BCUT2D eigenvalue weighted by Gasteiger charge is -2.34. The first kappa shape index (κ1) is 22.7. The number of fused-ring (bicyclic) bond motifs is 1. The molecule has 11 heteroatoms. The van der Waals surface area contributed by atoms with Gasteiger partial charge in [-0.1, -0.05) is 11.8 Å². The van der Waals surface area contributed by atoms with Gasteiger partial charge in [0.25, 0.3) is 0 Å². The molecular formula is C22H27FN8S2. The van der Waals surface area contributed by atoms with Crippen LogP contribution in [0.15, 0.2) is 23.4 Å². The van der Waals surface area contributed by atoms with E-state index in [1.807, 2.05) is 10.6 Å². The van der Waals surface area contributed by atoms with Gasteiger partial charge in [0, 0.05) is 37.3 Å². The van der Waals surface area contributed by atoms with E-state index in [9.17, 15) is 9.65 Å². The molecule has 2 aliphatic carbocycles. The molecule has 0 bridgehead atoms. The molecule has 0 spiro atoms. The predicted molar refractivity (Wildman–Crippen MR) is 131 cm³/mol. The number of hydrogen-bond acceptors (Lipinski definition) is 9. The highest BCUT2D eigenvalue weighted by Gasteiger charge is 2.48. The zero-order valence-electron chi connectivity index (χ0n) is 18.5. The lowest BCUT2D eigenvalue weighted by molar-refractivity contribution is 0.313. The molecule has 3 heterocycles. The standard InChI is InChI=1S/C22H27FN8S2/c1-29-6-8-30(9-7-29)16-10-15(33-28-22(13-23)4-5-22)12-31-17(16)11-27-19(31)18(25)32-20(26)21(14-24)2-3-21/h10-12,25-26,28H,2-9,13H2,1H3. The zero-order valence-corrected chi connectivity index (χ0v) is 20.2. The average Bonchev–Trinajstić information content (AvgIpc) is 3.74. The Hall–Kier alpha value is -2.13. The van der Waals surface area contributed by atoms with Gasteiger partial charge in [-0.25, -0.2) is 9.37 Å². The summed E-state index contributed by atoms with van der Waals surface area (Å²) in [7, 11) is 2.12. The summed E-state index contributed by atoms with van der Waals surface area (Å²) in [4.78, 5) is 10.1. The van der Waals surface area contributed by atoms with Gasteiger partial charge < -0.3 is 9.80 Å². The van der Waals surface area contributed by atoms with Crippen LogP contribution in [0.1, 0.15) is 31.5 Å². The summed E-state index contributed by atoms with van der Waals surface area (Å²) in [5.74, 6) is 0.456. The number of nitriles is 1. The highest BCUT2D eigenvalue weighted by molar-refractivity contribution is 8.26. The molecule has 1 aliphatic heterocycles. The van der Waals surface area contributed by atoms with Crippen molar-refractivity contribution in [1.82, 2.24) is 19.0 Å². The van der Waals surface area contributed by atoms with Crippen LogP contribution in [0.25, 0.3) is 5.52 Å². The van der Waals surface area contributed by atoms with E-state index >= 15 is 0 Å². The van der Waals surface area contributed by atoms with Gasteiger partial charge in [-0.2, -0.15) is 5.26 Å². The van der Waals surface area contributed by atoms with Crippen LogP contribution in [0.3, 0.4) is 0 Å². The molecule has 3 N–H and O–H groups in total. The lowest BCUT2D eigenvalue weighted by Crippen LogP contribution is -2.44. The van der Waals surface area contributed by atoms with Crippen molar-refractivity contribution >= 4 is 45.0 Å². The number of likely N-dealkylation sites (N-methyl/N-ethyl adjacent to an activating group) is 1. The number of imidazole rings is 1. The third-order valence-electron chi connectivity index (χ3n) is 6.74. The molecule has 0 atom stereocenters. The van der Waals surface area contributed by atoms with E-state index in [1.165, 1.54) is 11.9 Å². The molecule has 174 valence electrons. The zero-order chi connectivity index (χ0) is 23.2. The number of aromatic nitrogens is 2. The Morgan fingerprint density at radius 1 is 1.24 bits per heavy atom. The fourth-order valence-electron chi connectivity index (χ4n) is 3.92. The Kier molecular flexibility index (Phi) is 5.89. The van der Waals surface area contributed by atoms with Crippen LogP contribution in [0.5, 0.6) is 0 Å². The third kappa shape index (κ3) is 4.37. The van der Waals surface area contributed by atoms with Crippen molar-refractivity contribution in [2.24, 2.45) is 5.41 Å².